The number of para-hydroxylation sites is 1. The van der Waals surface area contributed by atoms with Crippen LogP contribution in [-0.4, -0.2) is 44.9 Å². The Labute approximate surface area is 201 Å². The lowest BCUT2D eigenvalue weighted by Crippen LogP contribution is -2.21. The van der Waals surface area contributed by atoms with E-state index in [1.165, 1.54) is 7.11 Å². The van der Waals surface area contributed by atoms with Crippen LogP contribution in [0, 0.1) is 0 Å². The largest absolute Gasteiger partial charge is 0.495 e. The van der Waals surface area contributed by atoms with E-state index >= 15 is 0 Å². The number of ether oxygens (including phenoxy) is 4. The summed E-state index contributed by atoms with van der Waals surface area (Å²) in [6, 6.07) is 17.8. The highest BCUT2D eigenvalue weighted by molar-refractivity contribution is 6.08. The Hall–Kier alpha value is -4.04. The molecule has 1 N–H and O–H groups in total. The van der Waals surface area contributed by atoms with Crippen molar-refractivity contribution in [2.45, 2.75) is 18.9 Å². The zero-order valence-corrected chi connectivity index (χ0v) is 19.2. The highest BCUT2D eigenvalue weighted by Crippen LogP contribution is 2.36. The third-order valence-electron chi connectivity index (χ3n) is 5.86. The maximum absolute atomic E-state index is 12.5. The van der Waals surface area contributed by atoms with E-state index in [0.717, 1.165) is 35.8 Å². The maximum atomic E-state index is 12.5. The van der Waals surface area contributed by atoms with Crippen LogP contribution in [-0.2, 0) is 14.3 Å². The van der Waals surface area contributed by atoms with Gasteiger partial charge in [0.05, 0.1) is 24.5 Å². The van der Waals surface area contributed by atoms with Crippen LogP contribution in [0.2, 0.25) is 0 Å². The Kier molecular flexibility index (Phi) is 6.54. The van der Waals surface area contributed by atoms with Gasteiger partial charge in [-0.1, -0.05) is 18.2 Å². The Bertz CT molecular complexity index is 1350. The molecule has 1 aromatic heterocycles. The lowest BCUT2D eigenvalue weighted by atomic mass is 10.1. The molecule has 1 fully saturated rings. The van der Waals surface area contributed by atoms with Gasteiger partial charge in [-0.25, -0.2) is 4.79 Å². The summed E-state index contributed by atoms with van der Waals surface area (Å²) < 4.78 is 27.7. The van der Waals surface area contributed by atoms with Gasteiger partial charge in [0.15, 0.2) is 6.61 Å². The molecule has 5 rings (SSSR count). The molecular weight excluding hydrogens is 450 g/mol. The Morgan fingerprint density at radius 3 is 2.63 bits per heavy atom. The molecular formula is C27H25NO7. The number of hydrogen-bond donors (Lipinski definition) is 1. The standard InChI is InChI=1S/C27H25NO7/c1-31-25-13-21-20-6-2-3-7-23(20)35-24(21)14-22(25)28-26(29)16-34-27(30)17-8-10-18(11-9-17)33-15-19-5-4-12-32-19/h2-3,6-11,13-14,19H,4-5,12,15-16H2,1H3,(H,28,29). The summed E-state index contributed by atoms with van der Waals surface area (Å²) in [5, 5.41) is 4.56. The Morgan fingerprint density at radius 1 is 1.03 bits per heavy atom. The number of carbonyl (C=O) groups excluding carboxylic acids is 2. The molecule has 0 saturated carbocycles. The number of anilines is 1. The van der Waals surface area contributed by atoms with Crippen LogP contribution in [0.25, 0.3) is 21.9 Å². The van der Waals surface area contributed by atoms with E-state index in [1.807, 2.05) is 30.3 Å². The molecule has 8 nitrogen and oxygen atoms in total. The molecule has 8 heteroatoms. The normalized spacial score (nSPS) is 15.3. The van der Waals surface area contributed by atoms with Crippen molar-refractivity contribution in [1.82, 2.24) is 0 Å². The van der Waals surface area contributed by atoms with E-state index in [4.69, 9.17) is 23.4 Å². The van der Waals surface area contributed by atoms with Crippen LogP contribution >= 0.6 is 0 Å². The molecule has 1 saturated heterocycles. The smallest absolute Gasteiger partial charge is 0.338 e. The topological polar surface area (TPSA) is 96.2 Å². The molecule has 1 aliphatic heterocycles. The van der Waals surface area contributed by atoms with Crippen LogP contribution in [0.5, 0.6) is 11.5 Å². The van der Waals surface area contributed by atoms with Crippen molar-refractivity contribution in [1.29, 1.82) is 0 Å². The summed E-state index contributed by atoms with van der Waals surface area (Å²) in [6.07, 6.45) is 2.15. The molecule has 0 bridgehead atoms. The van der Waals surface area contributed by atoms with Crippen molar-refractivity contribution in [2.24, 2.45) is 0 Å². The van der Waals surface area contributed by atoms with Gasteiger partial charge >= 0.3 is 5.97 Å². The zero-order chi connectivity index (χ0) is 24.2. The van der Waals surface area contributed by atoms with Gasteiger partial charge in [0, 0.05) is 23.4 Å². The number of hydrogen-bond acceptors (Lipinski definition) is 7. The summed E-state index contributed by atoms with van der Waals surface area (Å²) in [6.45, 7) is 0.804. The first-order valence-electron chi connectivity index (χ1n) is 11.4. The number of rotatable bonds is 8. The van der Waals surface area contributed by atoms with Crippen molar-refractivity contribution in [3.8, 4) is 11.5 Å². The third kappa shape index (κ3) is 5.07. The number of nitrogens with one attached hydrogen (secondary N) is 1. The van der Waals surface area contributed by atoms with E-state index in [2.05, 4.69) is 5.32 Å². The quantitative estimate of drug-likeness (QED) is 0.360. The van der Waals surface area contributed by atoms with E-state index in [1.54, 1.807) is 30.3 Å². The van der Waals surface area contributed by atoms with Gasteiger partial charge in [0.2, 0.25) is 0 Å². The molecule has 4 aromatic rings. The fourth-order valence-electron chi connectivity index (χ4n) is 4.07. The van der Waals surface area contributed by atoms with Gasteiger partial charge in [0.25, 0.3) is 5.91 Å². The fourth-order valence-corrected chi connectivity index (χ4v) is 4.07. The minimum absolute atomic E-state index is 0.115. The molecule has 180 valence electrons. The first-order chi connectivity index (χ1) is 17.1. The first-order valence-corrected chi connectivity index (χ1v) is 11.4. The molecule has 2 heterocycles. The second-order valence-corrected chi connectivity index (χ2v) is 8.24. The molecule has 3 aromatic carbocycles. The van der Waals surface area contributed by atoms with Gasteiger partial charge in [0.1, 0.15) is 29.3 Å². The molecule has 1 atom stereocenters. The van der Waals surface area contributed by atoms with Gasteiger partial charge in [-0.15, -0.1) is 0 Å². The van der Waals surface area contributed by atoms with Crippen LogP contribution in [0.15, 0.2) is 65.1 Å². The van der Waals surface area contributed by atoms with Crippen LogP contribution in [0.1, 0.15) is 23.2 Å². The third-order valence-corrected chi connectivity index (χ3v) is 5.86. The van der Waals surface area contributed by atoms with E-state index in [-0.39, 0.29) is 6.10 Å². The molecule has 0 spiro atoms. The number of furan rings is 1. The van der Waals surface area contributed by atoms with Crippen LogP contribution in [0.3, 0.4) is 0 Å². The van der Waals surface area contributed by atoms with Gasteiger partial charge < -0.3 is 28.7 Å². The summed E-state index contributed by atoms with van der Waals surface area (Å²) in [7, 11) is 1.52. The van der Waals surface area contributed by atoms with Gasteiger partial charge in [-0.3, -0.25) is 4.79 Å². The number of methoxy groups -OCH3 is 1. The highest BCUT2D eigenvalue weighted by Gasteiger charge is 2.17. The molecule has 0 aliphatic carbocycles. The first kappa shape index (κ1) is 22.7. The minimum Gasteiger partial charge on any atom is -0.495 e. The number of carbonyl (C=O) groups is 2. The Balaban J connectivity index is 1.18. The second kappa shape index (κ2) is 10.1. The van der Waals surface area contributed by atoms with Crippen molar-refractivity contribution >= 4 is 39.5 Å². The van der Waals surface area contributed by atoms with Crippen molar-refractivity contribution in [2.75, 3.05) is 32.2 Å². The van der Waals surface area contributed by atoms with Gasteiger partial charge in [-0.2, -0.15) is 0 Å². The van der Waals surface area contributed by atoms with Crippen molar-refractivity contribution in [3.63, 3.8) is 0 Å². The van der Waals surface area contributed by atoms with Gasteiger partial charge in [-0.05, 0) is 49.2 Å². The highest BCUT2D eigenvalue weighted by atomic mass is 16.5. The average molecular weight is 475 g/mol. The molecule has 0 radical (unpaired) electrons. The predicted octanol–water partition coefficient (Wildman–Crippen LogP) is 4.95. The van der Waals surface area contributed by atoms with Crippen LogP contribution in [0.4, 0.5) is 5.69 Å². The molecule has 1 aliphatic rings. The SMILES string of the molecule is COc1cc2c(cc1NC(=O)COC(=O)c1ccc(OCC3CCCO3)cc1)oc1ccccc12. The van der Waals surface area contributed by atoms with E-state index in [0.29, 0.717) is 34.9 Å². The monoisotopic (exact) mass is 475 g/mol. The summed E-state index contributed by atoms with van der Waals surface area (Å²) in [5.74, 6) is 0.0133. The number of esters is 1. The van der Waals surface area contributed by atoms with Crippen molar-refractivity contribution in [3.05, 3.63) is 66.2 Å². The molecule has 1 unspecified atom stereocenters. The lowest BCUT2D eigenvalue weighted by molar-refractivity contribution is -0.119. The molecule has 1 amide bonds. The van der Waals surface area contributed by atoms with Crippen molar-refractivity contribution < 1.29 is 33.0 Å². The summed E-state index contributed by atoms with van der Waals surface area (Å²) in [5.41, 5.74) is 2.10. The second-order valence-electron chi connectivity index (χ2n) is 8.24. The fraction of sp³-hybridized carbons (Fsp3) is 0.259. The Morgan fingerprint density at radius 2 is 1.86 bits per heavy atom. The van der Waals surface area contributed by atoms with Crippen LogP contribution < -0.4 is 14.8 Å². The number of amides is 1. The summed E-state index contributed by atoms with van der Waals surface area (Å²) >= 11 is 0. The predicted molar refractivity (Wildman–Crippen MR) is 130 cm³/mol. The molecule has 35 heavy (non-hydrogen) atoms. The van der Waals surface area contributed by atoms with E-state index in [9.17, 15) is 9.59 Å². The average Bonchev–Trinajstić information content (AvgIpc) is 3.53. The van der Waals surface area contributed by atoms with E-state index < -0.39 is 18.5 Å². The zero-order valence-electron chi connectivity index (χ0n) is 19.2. The maximum Gasteiger partial charge on any atom is 0.338 e. The number of benzene rings is 3. The minimum atomic E-state index is -0.606. The lowest BCUT2D eigenvalue weighted by Gasteiger charge is -2.12. The number of fused-ring (bicyclic) bond motifs is 3. The summed E-state index contributed by atoms with van der Waals surface area (Å²) in [4.78, 5) is 24.9.